The van der Waals surface area contributed by atoms with Gasteiger partial charge in [0.1, 0.15) is 6.29 Å². The third-order valence-electron chi connectivity index (χ3n) is 10.7. The highest BCUT2D eigenvalue weighted by atomic mass is 16.3. The first-order valence-corrected chi connectivity index (χ1v) is 24.6. The van der Waals surface area contributed by atoms with E-state index in [9.17, 15) is 4.79 Å². The van der Waals surface area contributed by atoms with E-state index < -0.39 is 0 Å². The van der Waals surface area contributed by atoms with Crippen LogP contribution in [0, 0.1) is 12.8 Å². The summed E-state index contributed by atoms with van der Waals surface area (Å²) in [6.07, 6.45) is 59.7. The average molecular weight is 809 g/mol. The fourth-order valence-electron chi connectivity index (χ4n) is 7.20. The van der Waals surface area contributed by atoms with Gasteiger partial charge in [-0.1, -0.05) is 220 Å². The number of nitrogens with zero attached hydrogens (tertiary/aromatic N) is 2. The normalized spacial score (nSPS) is 10.9. The van der Waals surface area contributed by atoms with Gasteiger partial charge in [0.2, 0.25) is 0 Å². The Morgan fingerprint density at radius 3 is 1.00 bits per heavy atom. The largest absolute Gasteiger partial charge is 0.400 e. The number of rotatable bonds is 43. The van der Waals surface area contributed by atoms with Crippen LogP contribution in [0.4, 0.5) is 0 Å². The third kappa shape index (κ3) is 61.2. The minimum atomic E-state index is -0.141. The number of aldehydes is 1. The van der Waals surface area contributed by atoms with Gasteiger partial charge >= 0.3 is 0 Å². The zero-order chi connectivity index (χ0) is 43.1. The van der Waals surface area contributed by atoms with E-state index in [2.05, 4.69) is 38.5 Å². The lowest BCUT2D eigenvalue weighted by Crippen LogP contribution is -2.33. The molecule has 7 heteroatoms. The van der Waals surface area contributed by atoms with E-state index in [1.54, 1.807) is 11.2 Å². The zero-order valence-electron chi connectivity index (χ0n) is 39.2. The highest BCUT2D eigenvalue weighted by Crippen LogP contribution is 2.15. The molecule has 0 amide bonds. The molecular formula is C50H104N4O3. The standard InChI is InChI=1S/C38H80N4O.C9H18O.C2H2.CH4O/c1-3-5-7-9-11-13-15-17-19-21-23-25-27-29-32-41(34-31-35-42(40)36-38(39)37-43)33-30-28-26-24-22-20-18-16-14-12-10-8-6-4-2;1-2-3-4-5-6-7-8-9-10;2*1-2/h36,43H,3-35,37,39-40H2,1-2H3;9H,2-8H2,1H3;1-2H;2H,1H3/b38-36-;;;. The third-order valence-corrected chi connectivity index (χ3v) is 10.7. The molecule has 57 heavy (non-hydrogen) atoms. The molecule has 0 unspecified atom stereocenters. The fourth-order valence-corrected chi connectivity index (χ4v) is 7.20. The van der Waals surface area contributed by atoms with Crippen LogP contribution in [0.3, 0.4) is 0 Å². The maximum Gasteiger partial charge on any atom is 0.119 e. The summed E-state index contributed by atoms with van der Waals surface area (Å²) in [7, 11) is 1.00. The average Bonchev–Trinajstić information content (AvgIpc) is 3.23. The van der Waals surface area contributed by atoms with E-state index in [0.717, 1.165) is 45.7 Å². The molecule has 6 N–H and O–H groups in total. The molecule has 0 bridgehead atoms. The van der Waals surface area contributed by atoms with E-state index in [-0.39, 0.29) is 6.61 Å². The van der Waals surface area contributed by atoms with Crippen LogP contribution >= 0.6 is 0 Å². The summed E-state index contributed by atoms with van der Waals surface area (Å²) < 4.78 is 0. The molecule has 342 valence electrons. The maximum absolute atomic E-state index is 9.89. The Morgan fingerprint density at radius 1 is 0.456 bits per heavy atom. The van der Waals surface area contributed by atoms with Crippen molar-refractivity contribution in [3.05, 3.63) is 11.9 Å². The minimum Gasteiger partial charge on any atom is -0.400 e. The molecule has 0 saturated heterocycles. The number of aliphatic hydroxyl groups excluding tert-OH is 2. The van der Waals surface area contributed by atoms with Crippen molar-refractivity contribution in [1.29, 1.82) is 0 Å². The number of carbonyl (C=O) groups is 1. The molecule has 0 heterocycles. The highest BCUT2D eigenvalue weighted by Gasteiger charge is 2.06. The van der Waals surface area contributed by atoms with Crippen LogP contribution in [0.15, 0.2) is 11.9 Å². The lowest BCUT2D eigenvalue weighted by molar-refractivity contribution is -0.107. The molecular weight excluding hydrogens is 705 g/mol. The summed E-state index contributed by atoms with van der Waals surface area (Å²) in [5, 5.41) is 17.8. The monoisotopic (exact) mass is 809 g/mol. The van der Waals surface area contributed by atoms with Crippen LogP contribution in [0.2, 0.25) is 0 Å². The van der Waals surface area contributed by atoms with E-state index >= 15 is 0 Å². The molecule has 0 radical (unpaired) electrons. The van der Waals surface area contributed by atoms with E-state index in [4.69, 9.17) is 21.8 Å². The molecule has 0 aliphatic rings. The van der Waals surface area contributed by atoms with E-state index in [1.807, 2.05) is 0 Å². The summed E-state index contributed by atoms with van der Waals surface area (Å²) in [5.74, 6) is 6.05. The van der Waals surface area contributed by atoms with Crippen LogP contribution in [0.5, 0.6) is 0 Å². The second kappa shape index (κ2) is 61.1. The number of hydrazine groups is 1. The van der Waals surface area contributed by atoms with Gasteiger partial charge in [-0.25, -0.2) is 5.84 Å². The Morgan fingerprint density at radius 2 is 0.719 bits per heavy atom. The first-order valence-electron chi connectivity index (χ1n) is 24.6. The Bertz CT molecular complexity index is 716. The second-order valence-corrected chi connectivity index (χ2v) is 16.2. The van der Waals surface area contributed by atoms with Gasteiger partial charge in [0.25, 0.3) is 0 Å². The Labute approximate surface area is 358 Å². The molecule has 0 aromatic heterocycles. The summed E-state index contributed by atoms with van der Waals surface area (Å²) in [6, 6.07) is 0. The van der Waals surface area contributed by atoms with Crippen LogP contribution in [-0.4, -0.2) is 66.3 Å². The van der Waals surface area contributed by atoms with Gasteiger partial charge in [-0.3, -0.25) is 0 Å². The van der Waals surface area contributed by atoms with Gasteiger partial charge in [-0.05, 0) is 45.3 Å². The molecule has 0 atom stereocenters. The molecule has 0 aromatic carbocycles. The smallest absolute Gasteiger partial charge is 0.119 e. The number of nitrogens with two attached hydrogens (primary N) is 2. The van der Waals surface area contributed by atoms with Crippen molar-refractivity contribution in [2.24, 2.45) is 11.6 Å². The zero-order valence-corrected chi connectivity index (χ0v) is 39.2. The van der Waals surface area contributed by atoms with Gasteiger partial charge in [0.15, 0.2) is 0 Å². The first-order chi connectivity index (χ1) is 28.0. The SMILES string of the molecule is C#C.CCCCCCCCC=O.CCCCCCCCCCCCCCCCN(CCCCCCCCCCCCCCCC)CCCN(N)/C=C(\N)CO.CO. The number of aliphatic hydroxyl groups is 2. The molecule has 0 aliphatic heterocycles. The van der Waals surface area contributed by atoms with Crippen molar-refractivity contribution < 1.29 is 15.0 Å². The number of hydrogen-bond donors (Lipinski definition) is 4. The van der Waals surface area contributed by atoms with E-state index in [1.165, 1.54) is 225 Å². The molecule has 0 saturated carbocycles. The summed E-state index contributed by atoms with van der Waals surface area (Å²) >= 11 is 0. The Hall–Kier alpha value is -1.59. The first kappa shape index (κ1) is 62.1. The molecule has 0 rings (SSSR count). The van der Waals surface area contributed by atoms with Crippen molar-refractivity contribution in [2.75, 3.05) is 39.9 Å². The number of unbranched alkanes of at least 4 members (excludes halogenated alkanes) is 32. The van der Waals surface area contributed by atoms with Crippen molar-refractivity contribution in [1.82, 2.24) is 9.91 Å². The predicted molar refractivity (Wildman–Crippen MR) is 254 cm³/mol. The maximum atomic E-state index is 9.89. The van der Waals surface area contributed by atoms with Crippen molar-refractivity contribution >= 4 is 6.29 Å². The molecule has 0 aliphatic carbocycles. The van der Waals surface area contributed by atoms with Crippen molar-refractivity contribution in [3.63, 3.8) is 0 Å². The summed E-state index contributed by atoms with van der Waals surface area (Å²) in [4.78, 5) is 12.6. The number of terminal acetylenes is 1. The lowest BCUT2D eigenvalue weighted by atomic mass is 10.0. The summed E-state index contributed by atoms with van der Waals surface area (Å²) in [6.45, 7) is 11.0. The minimum absolute atomic E-state index is 0.141. The van der Waals surface area contributed by atoms with Crippen LogP contribution in [0.1, 0.15) is 252 Å². The fraction of sp³-hybridized carbons (Fsp3) is 0.900. The number of hydrogen-bond acceptors (Lipinski definition) is 7. The lowest BCUT2D eigenvalue weighted by Gasteiger charge is -2.24. The van der Waals surface area contributed by atoms with Gasteiger partial charge in [0, 0.05) is 26.3 Å². The van der Waals surface area contributed by atoms with Crippen LogP contribution in [0.25, 0.3) is 0 Å². The van der Waals surface area contributed by atoms with Gasteiger partial charge in [-0.15, -0.1) is 12.8 Å². The molecule has 0 spiro atoms. The van der Waals surface area contributed by atoms with E-state index in [0.29, 0.717) is 5.70 Å². The van der Waals surface area contributed by atoms with Crippen LogP contribution in [-0.2, 0) is 4.79 Å². The quantitative estimate of drug-likeness (QED) is 0.0159. The van der Waals surface area contributed by atoms with Crippen LogP contribution < -0.4 is 11.6 Å². The van der Waals surface area contributed by atoms with Gasteiger partial charge in [0.05, 0.1) is 12.3 Å². The summed E-state index contributed by atoms with van der Waals surface area (Å²) in [5.41, 5.74) is 6.14. The topological polar surface area (TPSA) is 116 Å². The Kier molecular flexibility index (Phi) is 66.5. The Balaban J connectivity index is -0.000000855. The number of carbonyl (C=O) groups excluding carboxylic acids is 1. The van der Waals surface area contributed by atoms with Crippen molar-refractivity contribution in [3.8, 4) is 12.8 Å². The molecule has 0 aromatic rings. The predicted octanol–water partition coefficient (Wildman–Crippen LogP) is 13.4. The van der Waals surface area contributed by atoms with Crippen molar-refractivity contribution in [2.45, 2.75) is 252 Å². The molecule has 7 nitrogen and oxygen atoms in total. The highest BCUT2D eigenvalue weighted by molar-refractivity contribution is 5.48. The second-order valence-electron chi connectivity index (χ2n) is 16.2. The van der Waals surface area contributed by atoms with Gasteiger partial charge < -0.3 is 30.7 Å². The molecule has 0 fully saturated rings. The van der Waals surface area contributed by atoms with Gasteiger partial charge in [-0.2, -0.15) is 0 Å².